The van der Waals surface area contributed by atoms with Crippen molar-refractivity contribution >= 4 is 39.2 Å². The lowest BCUT2D eigenvalue weighted by Crippen LogP contribution is -2.39. The van der Waals surface area contributed by atoms with Crippen molar-refractivity contribution in [2.75, 3.05) is 13.2 Å². The molecule has 1 amide bonds. The number of hydrogen-bond acceptors (Lipinski definition) is 5. The number of aromatic nitrogens is 2. The number of hydrogen-bond donors (Lipinski definition) is 0. The zero-order valence-corrected chi connectivity index (χ0v) is 20.4. The number of thiophene rings is 1. The van der Waals surface area contributed by atoms with Gasteiger partial charge in [0.15, 0.2) is 0 Å². The average Bonchev–Trinajstić information content (AvgIpc) is 3.22. The minimum atomic E-state index is -0.532. The van der Waals surface area contributed by atoms with Gasteiger partial charge in [0.1, 0.15) is 10.6 Å². The van der Waals surface area contributed by atoms with E-state index < -0.39 is 23.2 Å². The van der Waals surface area contributed by atoms with E-state index in [0.29, 0.717) is 46.0 Å². The molecule has 35 heavy (non-hydrogen) atoms. The fourth-order valence-electron chi connectivity index (χ4n) is 4.35. The van der Waals surface area contributed by atoms with Gasteiger partial charge in [0.05, 0.1) is 30.8 Å². The van der Waals surface area contributed by atoms with Gasteiger partial charge in [0, 0.05) is 16.4 Å². The highest BCUT2D eigenvalue weighted by molar-refractivity contribution is 7.18. The normalized spacial score (nSPS) is 13.2. The third kappa shape index (κ3) is 4.26. The molecule has 0 bridgehead atoms. The quantitative estimate of drug-likeness (QED) is 0.401. The summed E-state index contributed by atoms with van der Waals surface area (Å²) in [5.74, 6) is -0.409. The van der Waals surface area contributed by atoms with Gasteiger partial charge in [0.25, 0.3) is 5.56 Å². The maximum atomic E-state index is 13.9. The molecule has 0 N–H and O–H groups in total. The number of ether oxygens (including phenoxy) is 1. The first-order chi connectivity index (χ1) is 16.9. The van der Waals surface area contributed by atoms with E-state index in [1.807, 2.05) is 0 Å². The molecular weight excluding hydrogens is 493 g/mol. The number of fused-ring (bicyclic) bond motifs is 3. The molecule has 5 rings (SSSR count). The molecule has 0 spiro atoms. The van der Waals surface area contributed by atoms with Crippen molar-refractivity contribution < 1.29 is 13.9 Å². The van der Waals surface area contributed by atoms with Crippen LogP contribution < -0.4 is 11.2 Å². The molecule has 0 unspecified atom stereocenters. The zero-order chi connectivity index (χ0) is 24.7. The summed E-state index contributed by atoms with van der Waals surface area (Å²) in [4.78, 5) is 42.6. The Bertz CT molecular complexity index is 1560. The van der Waals surface area contributed by atoms with Gasteiger partial charge in [-0.25, -0.2) is 18.5 Å². The van der Waals surface area contributed by atoms with Gasteiger partial charge in [-0.1, -0.05) is 23.7 Å². The van der Waals surface area contributed by atoms with Crippen molar-refractivity contribution in [2.45, 2.75) is 26.4 Å². The van der Waals surface area contributed by atoms with Crippen LogP contribution in [0.15, 0.2) is 58.1 Å². The molecule has 0 aliphatic carbocycles. The van der Waals surface area contributed by atoms with E-state index in [1.54, 1.807) is 48.2 Å². The highest BCUT2D eigenvalue weighted by Gasteiger charge is 2.29. The van der Waals surface area contributed by atoms with Gasteiger partial charge in [-0.2, -0.15) is 0 Å². The van der Waals surface area contributed by atoms with Gasteiger partial charge in [-0.15, -0.1) is 11.3 Å². The van der Waals surface area contributed by atoms with Crippen LogP contribution in [0.5, 0.6) is 0 Å². The summed E-state index contributed by atoms with van der Waals surface area (Å²) in [6.45, 7) is 2.80. The molecule has 7 nitrogen and oxygen atoms in total. The highest BCUT2D eigenvalue weighted by Crippen LogP contribution is 2.33. The van der Waals surface area contributed by atoms with E-state index >= 15 is 0 Å². The molecule has 1 aliphatic heterocycles. The standard InChI is InChI=1S/C25H21ClFN3O4S/c1-2-34-25(33)28-11-10-19-20(14-28)35-23-21(19)22(31)30(18-8-6-16(26)7-9-18)24(32)29(23)13-15-4-3-5-17(27)12-15/h3-9,12H,2,10-11,13-14H2,1H3. The molecule has 1 aliphatic rings. The summed E-state index contributed by atoms with van der Waals surface area (Å²) in [5.41, 5.74) is 0.850. The third-order valence-corrected chi connectivity index (χ3v) is 7.45. The Balaban J connectivity index is 1.73. The molecule has 0 radical (unpaired) electrons. The Kier molecular flexibility index (Phi) is 6.21. The lowest BCUT2D eigenvalue weighted by atomic mass is 10.1. The fourth-order valence-corrected chi connectivity index (χ4v) is 5.82. The van der Waals surface area contributed by atoms with Crippen LogP contribution in [0.3, 0.4) is 0 Å². The second-order valence-corrected chi connectivity index (χ2v) is 9.69. The van der Waals surface area contributed by atoms with E-state index in [1.165, 1.54) is 28.0 Å². The van der Waals surface area contributed by atoms with Crippen molar-refractivity contribution in [1.82, 2.24) is 14.0 Å². The molecule has 180 valence electrons. The van der Waals surface area contributed by atoms with Crippen LogP contribution in [0.25, 0.3) is 15.9 Å². The predicted molar refractivity (Wildman–Crippen MR) is 133 cm³/mol. The zero-order valence-electron chi connectivity index (χ0n) is 18.8. The Morgan fingerprint density at radius 3 is 2.66 bits per heavy atom. The largest absolute Gasteiger partial charge is 0.450 e. The van der Waals surface area contributed by atoms with Crippen LogP contribution >= 0.6 is 22.9 Å². The fraction of sp³-hybridized carbons (Fsp3) is 0.240. The van der Waals surface area contributed by atoms with Crippen molar-refractivity contribution in [3.8, 4) is 5.69 Å². The first-order valence-electron chi connectivity index (χ1n) is 11.1. The molecule has 0 saturated heterocycles. The number of halogens is 2. The topological polar surface area (TPSA) is 73.5 Å². The Hall–Kier alpha value is -3.43. The van der Waals surface area contributed by atoms with Crippen molar-refractivity contribution in [1.29, 1.82) is 0 Å². The summed E-state index contributed by atoms with van der Waals surface area (Å²) in [5, 5.41) is 0.925. The second-order valence-electron chi connectivity index (χ2n) is 8.17. The lowest BCUT2D eigenvalue weighted by Gasteiger charge is -2.25. The summed E-state index contributed by atoms with van der Waals surface area (Å²) in [7, 11) is 0. The first kappa shape index (κ1) is 23.3. The van der Waals surface area contributed by atoms with Crippen LogP contribution in [-0.4, -0.2) is 33.3 Å². The molecule has 4 aromatic rings. The smallest absolute Gasteiger partial charge is 0.410 e. The Labute approximate surface area is 208 Å². The van der Waals surface area contributed by atoms with Gasteiger partial charge in [-0.05, 0) is 60.9 Å². The van der Waals surface area contributed by atoms with Gasteiger partial charge >= 0.3 is 11.8 Å². The Morgan fingerprint density at radius 2 is 1.94 bits per heavy atom. The van der Waals surface area contributed by atoms with E-state index in [9.17, 15) is 18.8 Å². The average molecular weight is 514 g/mol. The predicted octanol–water partition coefficient (Wildman–Crippen LogP) is 4.57. The van der Waals surface area contributed by atoms with E-state index in [4.69, 9.17) is 16.3 Å². The molecule has 2 aromatic carbocycles. The number of amides is 1. The van der Waals surface area contributed by atoms with E-state index in [0.717, 1.165) is 15.0 Å². The van der Waals surface area contributed by atoms with Crippen LogP contribution in [0.2, 0.25) is 5.02 Å². The summed E-state index contributed by atoms with van der Waals surface area (Å²) in [6, 6.07) is 12.5. The monoisotopic (exact) mass is 513 g/mol. The highest BCUT2D eigenvalue weighted by atomic mass is 35.5. The van der Waals surface area contributed by atoms with E-state index in [-0.39, 0.29) is 13.2 Å². The Morgan fingerprint density at radius 1 is 1.17 bits per heavy atom. The minimum absolute atomic E-state index is 0.0853. The summed E-state index contributed by atoms with van der Waals surface area (Å²) in [6.07, 6.45) is 0.0497. The van der Waals surface area contributed by atoms with Gasteiger partial charge in [-0.3, -0.25) is 9.36 Å². The number of nitrogens with zero attached hydrogens (tertiary/aromatic N) is 3. The SMILES string of the molecule is CCOC(=O)N1CCc2c(sc3c2c(=O)n(-c2ccc(Cl)cc2)c(=O)n3Cc2cccc(F)c2)C1. The van der Waals surface area contributed by atoms with Crippen LogP contribution in [-0.2, 0) is 24.2 Å². The summed E-state index contributed by atoms with van der Waals surface area (Å²) >= 11 is 7.33. The maximum absolute atomic E-state index is 13.9. The van der Waals surface area contributed by atoms with Gasteiger partial charge in [0.2, 0.25) is 0 Å². The van der Waals surface area contributed by atoms with Crippen molar-refractivity contribution in [2.24, 2.45) is 0 Å². The van der Waals surface area contributed by atoms with Crippen molar-refractivity contribution in [3.63, 3.8) is 0 Å². The molecular formula is C25H21ClFN3O4S. The number of carbonyl (C=O) groups is 1. The number of benzene rings is 2. The molecule has 3 heterocycles. The van der Waals surface area contributed by atoms with E-state index in [2.05, 4.69) is 0 Å². The van der Waals surface area contributed by atoms with Crippen molar-refractivity contribution in [3.05, 3.63) is 96.2 Å². The number of rotatable bonds is 4. The summed E-state index contributed by atoms with van der Waals surface area (Å²) < 4.78 is 21.7. The first-order valence-corrected chi connectivity index (χ1v) is 12.3. The lowest BCUT2D eigenvalue weighted by molar-refractivity contribution is 0.103. The second kappa shape index (κ2) is 9.31. The van der Waals surface area contributed by atoms with Crippen LogP contribution in [0.1, 0.15) is 22.9 Å². The molecule has 2 aromatic heterocycles. The third-order valence-electron chi connectivity index (χ3n) is 5.96. The molecule has 0 atom stereocenters. The van der Waals surface area contributed by atoms with Gasteiger partial charge < -0.3 is 9.64 Å². The molecule has 10 heteroatoms. The maximum Gasteiger partial charge on any atom is 0.410 e. The molecule has 0 saturated carbocycles. The van der Waals surface area contributed by atoms with Crippen LogP contribution in [0.4, 0.5) is 9.18 Å². The number of carbonyl (C=O) groups excluding carboxylic acids is 1. The van der Waals surface area contributed by atoms with Crippen LogP contribution in [0, 0.1) is 5.82 Å². The molecule has 0 fully saturated rings. The minimum Gasteiger partial charge on any atom is -0.450 e.